The van der Waals surface area contributed by atoms with Crippen molar-refractivity contribution >= 4 is 40.1 Å². The number of hydrogen-bond acceptors (Lipinski definition) is 3. The van der Waals surface area contributed by atoms with Crippen LogP contribution >= 0.6 is 11.6 Å². The number of hydrogen-bond donors (Lipinski definition) is 3. The number of aromatic hydroxyl groups is 1. The van der Waals surface area contributed by atoms with Gasteiger partial charge >= 0.3 is 6.18 Å². The summed E-state index contributed by atoms with van der Waals surface area (Å²) in [6, 6.07) is 14.5. The minimum Gasteiger partial charge on any atom is -0.506 e. The molecule has 0 aliphatic heterocycles. The smallest absolute Gasteiger partial charge is 0.416 e. The molecule has 1 atom stereocenters. The van der Waals surface area contributed by atoms with E-state index < -0.39 is 28.9 Å². The van der Waals surface area contributed by atoms with Gasteiger partial charge in [0.05, 0.1) is 11.3 Å². The molecule has 0 spiro atoms. The zero-order valence-electron chi connectivity index (χ0n) is 16.1. The number of nitrogens with zero attached hydrogens (tertiary/aromatic N) is 1. The highest BCUT2D eigenvalue weighted by Gasteiger charge is 2.30. The minimum absolute atomic E-state index is 0.0451. The number of carbonyl (C=O) groups is 1. The number of phenolic OH excluding ortho intramolecular Hbond substituents is 1. The second-order valence-corrected chi connectivity index (χ2v) is 7.68. The molecule has 0 saturated carbocycles. The van der Waals surface area contributed by atoms with E-state index in [0.29, 0.717) is 11.1 Å². The van der Waals surface area contributed by atoms with Crippen molar-refractivity contribution in [3.63, 3.8) is 0 Å². The van der Waals surface area contributed by atoms with Crippen LogP contribution in [0.4, 0.5) is 24.5 Å². The molecule has 3 N–H and O–H groups in total. The molecule has 0 radical (unpaired) electrons. The average molecular weight is 485 g/mol. The fourth-order valence-electron chi connectivity index (χ4n) is 2.86. The Morgan fingerprint density at radius 2 is 1.56 bits per heavy atom. The van der Waals surface area contributed by atoms with E-state index >= 15 is 0 Å². The first-order valence-electron chi connectivity index (χ1n) is 8.96. The number of rotatable bonds is 6. The SMILES string of the molecule is O=C(Nc1ccc(O)c(N(CCl)S(=O)O)c1)c1ccc(-c2ccc(C(F)(F)F)cc2)cc1. The van der Waals surface area contributed by atoms with Crippen LogP contribution < -0.4 is 9.62 Å². The molecule has 0 saturated heterocycles. The van der Waals surface area contributed by atoms with Crippen LogP contribution in [0.5, 0.6) is 5.75 Å². The Morgan fingerprint density at radius 1 is 1.00 bits per heavy atom. The number of amides is 1. The van der Waals surface area contributed by atoms with Crippen molar-refractivity contribution in [2.45, 2.75) is 6.18 Å². The Morgan fingerprint density at radius 3 is 2.06 bits per heavy atom. The predicted octanol–water partition coefficient (Wildman–Crippen LogP) is 5.47. The van der Waals surface area contributed by atoms with E-state index in [0.717, 1.165) is 16.4 Å². The molecule has 3 rings (SSSR count). The quantitative estimate of drug-likeness (QED) is 0.187. The van der Waals surface area contributed by atoms with Crippen LogP contribution in [-0.2, 0) is 17.4 Å². The van der Waals surface area contributed by atoms with Crippen LogP contribution in [0, 0.1) is 0 Å². The van der Waals surface area contributed by atoms with Crippen molar-refractivity contribution in [1.29, 1.82) is 0 Å². The highest BCUT2D eigenvalue weighted by Crippen LogP contribution is 2.32. The number of alkyl halides is 4. The molecule has 0 heterocycles. The maximum Gasteiger partial charge on any atom is 0.416 e. The van der Waals surface area contributed by atoms with Crippen LogP contribution in [0.3, 0.4) is 0 Å². The summed E-state index contributed by atoms with van der Waals surface area (Å²) in [7, 11) is 0. The molecular weight excluding hydrogens is 469 g/mol. The molecule has 0 bridgehead atoms. The second kappa shape index (κ2) is 9.60. The summed E-state index contributed by atoms with van der Waals surface area (Å²) in [5.41, 5.74) is 0.918. The molecule has 1 unspecified atom stereocenters. The molecule has 1 amide bonds. The molecule has 11 heteroatoms. The summed E-state index contributed by atoms with van der Waals surface area (Å²) in [6.07, 6.45) is -4.42. The summed E-state index contributed by atoms with van der Waals surface area (Å²) >= 11 is 3.16. The lowest BCUT2D eigenvalue weighted by atomic mass is 10.0. The lowest BCUT2D eigenvalue weighted by molar-refractivity contribution is -0.137. The van der Waals surface area contributed by atoms with Gasteiger partial charge in [0.1, 0.15) is 11.8 Å². The number of phenols is 1. The van der Waals surface area contributed by atoms with Gasteiger partial charge in [-0.15, -0.1) is 11.6 Å². The van der Waals surface area contributed by atoms with E-state index in [4.69, 9.17) is 11.6 Å². The molecule has 0 fully saturated rings. The number of carbonyl (C=O) groups excluding carboxylic acids is 1. The van der Waals surface area contributed by atoms with Crippen LogP contribution in [0.1, 0.15) is 15.9 Å². The minimum atomic E-state index is -4.42. The third kappa shape index (κ3) is 5.39. The van der Waals surface area contributed by atoms with E-state index in [1.807, 2.05) is 0 Å². The van der Waals surface area contributed by atoms with Gasteiger partial charge < -0.3 is 10.4 Å². The standard InChI is InChI=1S/C21H16ClF3N2O4S/c22-12-27(32(30)31)18-11-17(9-10-19(18)28)26-20(29)15-3-1-13(2-4-15)14-5-7-16(8-6-14)21(23,24)25/h1-11,28H,12H2,(H,26,29)(H,30,31). The normalized spacial score (nSPS) is 12.3. The van der Waals surface area contributed by atoms with Crippen molar-refractivity contribution < 1.29 is 31.8 Å². The fraction of sp³-hybridized carbons (Fsp3) is 0.0952. The van der Waals surface area contributed by atoms with Crippen LogP contribution in [0.15, 0.2) is 66.7 Å². The summed E-state index contributed by atoms with van der Waals surface area (Å²) in [5, 5.41) is 12.5. The lowest BCUT2D eigenvalue weighted by Crippen LogP contribution is -2.23. The van der Waals surface area contributed by atoms with Crippen molar-refractivity contribution in [2.24, 2.45) is 0 Å². The third-order valence-electron chi connectivity index (χ3n) is 4.49. The summed E-state index contributed by atoms with van der Waals surface area (Å²) < 4.78 is 59.5. The first-order chi connectivity index (χ1) is 15.1. The molecule has 3 aromatic carbocycles. The van der Waals surface area contributed by atoms with E-state index in [1.54, 1.807) is 12.1 Å². The Balaban J connectivity index is 1.76. The molecular formula is C21H16ClF3N2O4S. The van der Waals surface area contributed by atoms with Crippen molar-refractivity contribution in [3.8, 4) is 16.9 Å². The van der Waals surface area contributed by atoms with Crippen molar-refractivity contribution in [1.82, 2.24) is 0 Å². The Hall–Kier alpha value is -3.08. The molecule has 0 aliphatic rings. The van der Waals surface area contributed by atoms with E-state index in [9.17, 15) is 31.8 Å². The van der Waals surface area contributed by atoms with Gasteiger partial charge in [-0.1, -0.05) is 24.3 Å². The first kappa shape index (κ1) is 23.6. The predicted molar refractivity (Wildman–Crippen MR) is 117 cm³/mol. The fourth-order valence-corrected chi connectivity index (χ4v) is 3.64. The van der Waals surface area contributed by atoms with E-state index in [1.165, 1.54) is 42.5 Å². The summed E-state index contributed by atoms with van der Waals surface area (Å²) in [5.74, 6) is -0.796. The van der Waals surface area contributed by atoms with Gasteiger partial charge in [-0.25, -0.2) is 4.21 Å². The van der Waals surface area contributed by atoms with Gasteiger partial charge in [0.25, 0.3) is 17.2 Å². The maximum atomic E-state index is 12.7. The van der Waals surface area contributed by atoms with Crippen LogP contribution in [-0.4, -0.2) is 25.8 Å². The zero-order chi connectivity index (χ0) is 23.5. The first-order valence-corrected chi connectivity index (χ1v) is 10.6. The molecule has 168 valence electrons. The molecule has 32 heavy (non-hydrogen) atoms. The molecule has 0 aliphatic carbocycles. The van der Waals surface area contributed by atoms with Crippen molar-refractivity contribution in [2.75, 3.05) is 15.6 Å². The number of anilines is 2. The monoisotopic (exact) mass is 484 g/mol. The Bertz CT molecular complexity index is 1140. The molecule has 0 aromatic heterocycles. The summed E-state index contributed by atoms with van der Waals surface area (Å²) in [6.45, 7) is 0. The number of benzene rings is 3. The number of halogens is 4. The van der Waals surface area contributed by atoms with Gasteiger partial charge in [0.2, 0.25) is 0 Å². The highest BCUT2D eigenvalue weighted by atomic mass is 35.5. The van der Waals surface area contributed by atoms with Gasteiger partial charge in [0, 0.05) is 11.3 Å². The van der Waals surface area contributed by atoms with Crippen LogP contribution in [0.25, 0.3) is 11.1 Å². The van der Waals surface area contributed by atoms with E-state index in [2.05, 4.69) is 5.32 Å². The second-order valence-electron chi connectivity index (χ2n) is 6.54. The number of nitrogens with one attached hydrogen (secondary N) is 1. The molecule has 3 aromatic rings. The zero-order valence-corrected chi connectivity index (χ0v) is 17.7. The molecule has 6 nitrogen and oxygen atoms in total. The largest absolute Gasteiger partial charge is 0.506 e. The Labute approximate surface area is 188 Å². The van der Waals surface area contributed by atoms with Gasteiger partial charge in [-0.2, -0.15) is 13.2 Å². The van der Waals surface area contributed by atoms with Crippen LogP contribution in [0.2, 0.25) is 0 Å². The third-order valence-corrected chi connectivity index (χ3v) is 5.58. The highest BCUT2D eigenvalue weighted by molar-refractivity contribution is 7.80. The Kier molecular flexibility index (Phi) is 7.07. The maximum absolute atomic E-state index is 12.7. The van der Waals surface area contributed by atoms with Gasteiger partial charge in [0.15, 0.2) is 0 Å². The van der Waals surface area contributed by atoms with Gasteiger partial charge in [-0.05, 0) is 53.6 Å². The van der Waals surface area contributed by atoms with Crippen molar-refractivity contribution in [3.05, 3.63) is 77.9 Å². The average Bonchev–Trinajstić information content (AvgIpc) is 2.76. The topological polar surface area (TPSA) is 89.9 Å². The summed E-state index contributed by atoms with van der Waals surface area (Å²) in [4.78, 5) is 12.5. The lowest BCUT2D eigenvalue weighted by Gasteiger charge is -2.18. The van der Waals surface area contributed by atoms with Gasteiger partial charge in [-0.3, -0.25) is 13.7 Å². The van der Waals surface area contributed by atoms with E-state index in [-0.39, 0.29) is 28.7 Å².